The summed E-state index contributed by atoms with van der Waals surface area (Å²) in [6.45, 7) is 0. The van der Waals surface area contributed by atoms with E-state index in [1.165, 1.54) is 6.20 Å². The number of para-hydroxylation sites is 1. The van der Waals surface area contributed by atoms with Gasteiger partial charge < -0.3 is 0 Å². The second kappa shape index (κ2) is 4.50. The van der Waals surface area contributed by atoms with Crippen LogP contribution in [0.5, 0.6) is 0 Å². The van der Waals surface area contributed by atoms with E-state index in [1.807, 2.05) is 0 Å². The summed E-state index contributed by atoms with van der Waals surface area (Å²) in [6.07, 6.45) is 2.09. The molecule has 0 radical (unpaired) electrons. The Hall–Kier alpha value is -1.95. The zero-order valence-electron chi connectivity index (χ0n) is 8.67. The summed E-state index contributed by atoms with van der Waals surface area (Å²) in [4.78, 5) is 3.08. The average Bonchev–Trinajstić information content (AvgIpc) is 2.30. The van der Waals surface area contributed by atoms with Gasteiger partial charge >= 0.3 is 0 Å². The Labute approximate surface area is 98.2 Å². The number of sulfonamides is 1. The third-order valence-electron chi connectivity index (χ3n) is 2.05. The van der Waals surface area contributed by atoms with Crippen LogP contribution < -0.4 is 4.72 Å². The minimum Gasteiger partial charge on any atom is -0.280 e. The maximum absolute atomic E-state index is 13.3. The molecule has 2 aromatic rings. The third-order valence-corrected chi connectivity index (χ3v) is 3.47. The van der Waals surface area contributed by atoms with E-state index >= 15 is 0 Å². The normalized spacial score (nSPS) is 11.1. The van der Waals surface area contributed by atoms with Gasteiger partial charge in [-0.25, -0.2) is 12.8 Å². The summed E-state index contributed by atoms with van der Waals surface area (Å²) in [5, 5.41) is 0. The molecule has 0 atom stereocenters. The summed E-state index contributed by atoms with van der Waals surface area (Å²) in [6, 6.07) is 9.39. The maximum Gasteiger partial charge on any atom is 0.264 e. The van der Waals surface area contributed by atoms with Crippen LogP contribution in [0.3, 0.4) is 0 Å². The topological polar surface area (TPSA) is 59.1 Å². The van der Waals surface area contributed by atoms with Crippen LogP contribution in [0.25, 0.3) is 0 Å². The zero-order valence-corrected chi connectivity index (χ0v) is 9.49. The van der Waals surface area contributed by atoms with Crippen molar-refractivity contribution in [2.45, 2.75) is 4.90 Å². The fourth-order valence-corrected chi connectivity index (χ4v) is 2.40. The third kappa shape index (κ3) is 2.59. The number of rotatable bonds is 3. The minimum absolute atomic E-state index is 0.378. The number of aromatic nitrogens is 1. The van der Waals surface area contributed by atoms with Gasteiger partial charge in [0, 0.05) is 11.9 Å². The molecular formula is C11H9FN2O2S. The first-order valence-corrected chi connectivity index (χ1v) is 6.25. The first kappa shape index (κ1) is 11.5. The molecule has 0 aliphatic heterocycles. The van der Waals surface area contributed by atoms with E-state index in [9.17, 15) is 12.8 Å². The zero-order chi connectivity index (χ0) is 12.3. The van der Waals surface area contributed by atoms with Gasteiger partial charge in [0.15, 0.2) is 5.82 Å². The van der Waals surface area contributed by atoms with E-state index < -0.39 is 20.7 Å². The van der Waals surface area contributed by atoms with Gasteiger partial charge in [-0.15, -0.1) is 0 Å². The molecule has 88 valence electrons. The minimum atomic E-state index is -3.91. The van der Waals surface area contributed by atoms with Crippen molar-refractivity contribution in [1.29, 1.82) is 0 Å². The average molecular weight is 252 g/mol. The smallest absolute Gasteiger partial charge is 0.264 e. The van der Waals surface area contributed by atoms with Gasteiger partial charge in [0.2, 0.25) is 0 Å². The molecule has 0 amide bonds. The molecule has 0 spiro atoms. The van der Waals surface area contributed by atoms with Gasteiger partial charge in [-0.05, 0) is 18.2 Å². The lowest BCUT2D eigenvalue weighted by atomic mass is 10.3. The van der Waals surface area contributed by atoms with Crippen molar-refractivity contribution < 1.29 is 12.8 Å². The fraction of sp³-hybridized carbons (Fsp3) is 0. The highest BCUT2D eigenvalue weighted by molar-refractivity contribution is 7.92. The molecule has 1 heterocycles. The summed E-state index contributed by atoms with van der Waals surface area (Å²) in [7, 11) is -3.91. The Morgan fingerprint density at radius 2 is 1.82 bits per heavy atom. The molecule has 1 N–H and O–H groups in total. The Balaban J connectivity index is 2.36. The summed E-state index contributed by atoms with van der Waals surface area (Å²) in [5.41, 5.74) is 0.378. The quantitative estimate of drug-likeness (QED) is 0.909. The van der Waals surface area contributed by atoms with E-state index in [1.54, 1.807) is 30.3 Å². The van der Waals surface area contributed by atoms with Crippen molar-refractivity contribution in [2.75, 3.05) is 4.72 Å². The first-order valence-electron chi connectivity index (χ1n) is 4.77. The molecule has 6 heteroatoms. The van der Waals surface area contributed by atoms with Crippen LogP contribution in [0, 0.1) is 5.82 Å². The van der Waals surface area contributed by atoms with Gasteiger partial charge in [-0.2, -0.15) is 0 Å². The van der Waals surface area contributed by atoms with E-state index in [0.29, 0.717) is 5.69 Å². The van der Waals surface area contributed by atoms with Gasteiger partial charge in [0.05, 0.1) is 6.20 Å². The van der Waals surface area contributed by atoms with Gasteiger partial charge in [0.1, 0.15) is 4.90 Å². The highest BCUT2D eigenvalue weighted by atomic mass is 32.2. The standard InChI is InChI=1S/C11H9FN2O2S/c12-10-8-13-7-6-11(10)17(15,16)14-9-4-2-1-3-5-9/h1-8,14H. The molecule has 0 unspecified atom stereocenters. The Kier molecular flexibility index (Phi) is 3.06. The van der Waals surface area contributed by atoms with Crippen LogP contribution in [0.2, 0.25) is 0 Å². The maximum atomic E-state index is 13.3. The predicted molar refractivity (Wildman–Crippen MR) is 61.4 cm³/mol. The van der Waals surface area contributed by atoms with Crippen molar-refractivity contribution in [2.24, 2.45) is 0 Å². The number of hydrogen-bond donors (Lipinski definition) is 1. The number of nitrogens with one attached hydrogen (secondary N) is 1. The highest BCUT2D eigenvalue weighted by Gasteiger charge is 2.18. The van der Waals surface area contributed by atoms with Gasteiger partial charge in [0.25, 0.3) is 10.0 Å². The number of anilines is 1. The molecule has 2 rings (SSSR count). The molecule has 0 aliphatic rings. The Morgan fingerprint density at radius 3 is 2.47 bits per heavy atom. The van der Waals surface area contributed by atoms with Crippen molar-refractivity contribution in [3.05, 3.63) is 54.6 Å². The lowest BCUT2D eigenvalue weighted by Crippen LogP contribution is -2.14. The summed E-state index contributed by atoms with van der Waals surface area (Å²) < 4.78 is 39.3. The number of pyridine rings is 1. The van der Waals surface area contributed by atoms with E-state index in [-0.39, 0.29) is 0 Å². The molecule has 1 aromatic heterocycles. The van der Waals surface area contributed by atoms with Crippen molar-refractivity contribution in [3.63, 3.8) is 0 Å². The molecule has 0 bridgehead atoms. The first-order chi connectivity index (χ1) is 8.09. The predicted octanol–water partition coefficient (Wildman–Crippen LogP) is 2.02. The summed E-state index contributed by atoms with van der Waals surface area (Å²) >= 11 is 0. The summed E-state index contributed by atoms with van der Waals surface area (Å²) in [5.74, 6) is -0.879. The van der Waals surface area contributed by atoms with Crippen molar-refractivity contribution in [3.8, 4) is 0 Å². The second-order valence-electron chi connectivity index (χ2n) is 3.28. The van der Waals surface area contributed by atoms with E-state index in [2.05, 4.69) is 9.71 Å². The molecule has 1 aromatic carbocycles. The van der Waals surface area contributed by atoms with E-state index in [4.69, 9.17) is 0 Å². The Bertz CT molecular complexity index is 614. The van der Waals surface area contributed by atoms with Gasteiger partial charge in [-0.3, -0.25) is 9.71 Å². The molecule has 0 saturated heterocycles. The van der Waals surface area contributed by atoms with Crippen LogP contribution in [-0.2, 0) is 10.0 Å². The molecule has 17 heavy (non-hydrogen) atoms. The Morgan fingerprint density at radius 1 is 1.12 bits per heavy atom. The van der Waals surface area contributed by atoms with Crippen LogP contribution in [0.1, 0.15) is 0 Å². The molecule has 0 aliphatic carbocycles. The van der Waals surface area contributed by atoms with Crippen molar-refractivity contribution in [1.82, 2.24) is 4.98 Å². The number of hydrogen-bond acceptors (Lipinski definition) is 3. The molecule has 0 fully saturated rings. The molecule has 0 saturated carbocycles. The number of benzene rings is 1. The van der Waals surface area contributed by atoms with Gasteiger partial charge in [-0.1, -0.05) is 18.2 Å². The number of nitrogens with zero attached hydrogens (tertiary/aromatic N) is 1. The van der Waals surface area contributed by atoms with Crippen LogP contribution >= 0.6 is 0 Å². The largest absolute Gasteiger partial charge is 0.280 e. The lowest BCUT2D eigenvalue weighted by molar-refractivity contribution is 0.566. The highest BCUT2D eigenvalue weighted by Crippen LogP contribution is 2.17. The molecular weight excluding hydrogens is 243 g/mol. The second-order valence-corrected chi connectivity index (χ2v) is 4.93. The van der Waals surface area contributed by atoms with Crippen LogP contribution in [-0.4, -0.2) is 13.4 Å². The monoisotopic (exact) mass is 252 g/mol. The SMILES string of the molecule is O=S(=O)(Nc1ccccc1)c1ccncc1F. The lowest BCUT2D eigenvalue weighted by Gasteiger charge is -2.07. The number of halogens is 1. The van der Waals surface area contributed by atoms with Crippen molar-refractivity contribution >= 4 is 15.7 Å². The molecule has 4 nitrogen and oxygen atoms in total. The fourth-order valence-electron chi connectivity index (χ4n) is 1.30. The van der Waals surface area contributed by atoms with E-state index in [0.717, 1.165) is 12.3 Å². The van der Waals surface area contributed by atoms with Crippen LogP contribution in [0.4, 0.5) is 10.1 Å². The van der Waals surface area contributed by atoms with Crippen LogP contribution in [0.15, 0.2) is 53.7 Å².